The Morgan fingerprint density at radius 2 is 1.94 bits per heavy atom. The van der Waals surface area contributed by atoms with E-state index >= 15 is 0 Å². The van der Waals surface area contributed by atoms with Gasteiger partial charge in [-0.3, -0.25) is 9.88 Å². The fourth-order valence-electron chi connectivity index (χ4n) is 4.22. The number of nitrogens with zero attached hydrogens (tertiary/aromatic N) is 3. The number of likely N-dealkylation sites (tertiary alicyclic amines) is 1. The van der Waals surface area contributed by atoms with Crippen LogP contribution >= 0.6 is 0 Å². The van der Waals surface area contributed by atoms with Crippen LogP contribution < -0.4 is 5.32 Å². The number of carbonyl (C=O) groups is 1. The molecule has 1 atom stereocenters. The average Bonchev–Trinajstić information content (AvgIpc) is 3.27. The molecule has 0 spiro atoms. The lowest BCUT2D eigenvalue weighted by atomic mass is 9.82. The summed E-state index contributed by atoms with van der Waals surface area (Å²) in [7, 11) is 0. The standard InChI is InChI=1S/C24H27FN4O2/c1-3-31-23(30)21-20(16-29-14-6-7-15-29)27-22(19-8-4-5-13-26-19)28-24(21,2)17-9-11-18(25)12-10-17/h4-5,8-13H,3,6-7,14-16H2,1-2H3,(H,27,28). The minimum absolute atomic E-state index is 0.260. The van der Waals surface area contributed by atoms with Crippen LogP contribution in [0.3, 0.4) is 0 Å². The van der Waals surface area contributed by atoms with E-state index in [9.17, 15) is 9.18 Å². The summed E-state index contributed by atoms with van der Waals surface area (Å²) in [5.41, 5.74) is 1.55. The first-order valence-electron chi connectivity index (χ1n) is 10.7. The first-order chi connectivity index (χ1) is 15.0. The lowest BCUT2D eigenvalue weighted by molar-refractivity contribution is -0.139. The molecule has 6 nitrogen and oxygen atoms in total. The second-order valence-electron chi connectivity index (χ2n) is 7.94. The molecule has 2 aromatic rings. The van der Waals surface area contributed by atoms with Crippen molar-refractivity contribution in [1.29, 1.82) is 0 Å². The lowest BCUT2D eigenvalue weighted by Crippen LogP contribution is -2.44. The van der Waals surface area contributed by atoms with Crippen molar-refractivity contribution in [2.45, 2.75) is 32.2 Å². The van der Waals surface area contributed by atoms with E-state index in [1.165, 1.54) is 12.1 Å². The van der Waals surface area contributed by atoms with Crippen molar-refractivity contribution in [2.75, 3.05) is 26.2 Å². The molecule has 0 radical (unpaired) electrons. The van der Waals surface area contributed by atoms with Crippen LogP contribution in [0.25, 0.3) is 0 Å². The number of hydrogen-bond acceptors (Lipinski definition) is 6. The summed E-state index contributed by atoms with van der Waals surface area (Å²) in [6.45, 7) is 6.45. The first kappa shape index (κ1) is 21.2. The van der Waals surface area contributed by atoms with Gasteiger partial charge in [0, 0.05) is 18.4 Å². The molecule has 1 unspecified atom stereocenters. The number of pyridine rings is 1. The summed E-state index contributed by atoms with van der Waals surface area (Å²) in [5, 5.41) is 3.37. The predicted octanol–water partition coefficient (Wildman–Crippen LogP) is 3.40. The Morgan fingerprint density at radius 1 is 1.19 bits per heavy atom. The maximum Gasteiger partial charge on any atom is 0.338 e. The van der Waals surface area contributed by atoms with E-state index in [1.807, 2.05) is 25.1 Å². The Hall–Kier alpha value is -3.06. The average molecular weight is 423 g/mol. The van der Waals surface area contributed by atoms with E-state index in [2.05, 4.69) is 15.2 Å². The Balaban J connectivity index is 1.87. The summed E-state index contributed by atoms with van der Waals surface area (Å²) in [6.07, 6.45) is 3.98. The van der Waals surface area contributed by atoms with Gasteiger partial charge in [0.2, 0.25) is 0 Å². The van der Waals surface area contributed by atoms with Gasteiger partial charge < -0.3 is 10.1 Å². The second kappa shape index (κ2) is 8.98. The van der Waals surface area contributed by atoms with Crippen molar-refractivity contribution in [3.63, 3.8) is 0 Å². The molecule has 1 saturated heterocycles. The zero-order valence-electron chi connectivity index (χ0n) is 17.9. The lowest BCUT2D eigenvalue weighted by Gasteiger charge is -2.36. The number of nitrogens with one attached hydrogen (secondary N) is 1. The highest BCUT2D eigenvalue weighted by Gasteiger charge is 2.42. The van der Waals surface area contributed by atoms with Gasteiger partial charge in [-0.15, -0.1) is 0 Å². The highest BCUT2D eigenvalue weighted by atomic mass is 19.1. The molecule has 0 saturated carbocycles. The number of amidine groups is 1. The van der Waals surface area contributed by atoms with Crippen molar-refractivity contribution >= 4 is 11.8 Å². The molecule has 0 amide bonds. The van der Waals surface area contributed by atoms with Crippen molar-refractivity contribution in [2.24, 2.45) is 4.99 Å². The number of aliphatic imine (C=N–C) groups is 1. The van der Waals surface area contributed by atoms with E-state index < -0.39 is 11.5 Å². The van der Waals surface area contributed by atoms with Crippen LogP contribution in [-0.2, 0) is 15.1 Å². The zero-order chi connectivity index (χ0) is 21.8. The van der Waals surface area contributed by atoms with Gasteiger partial charge in [0.15, 0.2) is 5.84 Å². The molecule has 4 rings (SSSR count). The van der Waals surface area contributed by atoms with Crippen molar-refractivity contribution < 1.29 is 13.9 Å². The van der Waals surface area contributed by atoms with Crippen LogP contribution in [0.1, 0.15) is 37.9 Å². The van der Waals surface area contributed by atoms with Crippen LogP contribution in [0.4, 0.5) is 4.39 Å². The normalized spacial score (nSPS) is 21.6. The van der Waals surface area contributed by atoms with E-state index in [-0.39, 0.29) is 12.4 Å². The number of ether oxygens (including phenoxy) is 1. The van der Waals surface area contributed by atoms with Gasteiger partial charge in [-0.2, -0.15) is 0 Å². The van der Waals surface area contributed by atoms with Gasteiger partial charge in [0.05, 0.1) is 12.2 Å². The summed E-state index contributed by atoms with van der Waals surface area (Å²) < 4.78 is 19.1. The minimum Gasteiger partial charge on any atom is -0.463 e. The molecular formula is C24H27FN4O2. The van der Waals surface area contributed by atoms with Crippen LogP contribution in [0.15, 0.2) is 64.9 Å². The van der Waals surface area contributed by atoms with Gasteiger partial charge in [-0.25, -0.2) is 14.2 Å². The number of aromatic nitrogens is 1. The SMILES string of the molecule is CCOC(=O)C1=C(CN2CCCC2)NC(c2ccccn2)=NC1(C)c1ccc(F)cc1. The van der Waals surface area contributed by atoms with Gasteiger partial charge in [0.25, 0.3) is 0 Å². The Labute approximate surface area is 181 Å². The highest BCUT2D eigenvalue weighted by Crippen LogP contribution is 2.39. The highest BCUT2D eigenvalue weighted by molar-refractivity contribution is 6.03. The molecule has 7 heteroatoms. The molecule has 2 aliphatic rings. The molecule has 0 aliphatic carbocycles. The number of carbonyl (C=O) groups excluding carboxylic acids is 1. The molecule has 162 valence electrons. The number of rotatable bonds is 6. The Morgan fingerprint density at radius 3 is 2.58 bits per heavy atom. The fraction of sp³-hybridized carbons (Fsp3) is 0.375. The summed E-state index contributed by atoms with van der Waals surface area (Å²) in [4.78, 5) is 24.9. The number of benzene rings is 1. The van der Waals surface area contributed by atoms with Gasteiger partial charge in [-0.05, 0) is 69.6 Å². The maximum atomic E-state index is 13.7. The minimum atomic E-state index is -1.05. The van der Waals surface area contributed by atoms with Crippen molar-refractivity contribution in [1.82, 2.24) is 15.2 Å². The monoisotopic (exact) mass is 422 g/mol. The Kier molecular flexibility index (Phi) is 6.13. The first-order valence-corrected chi connectivity index (χ1v) is 10.7. The maximum absolute atomic E-state index is 13.7. The van der Waals surface area contributed by atoms with Crippen LogP contribution in [0.5, 0.6) is 0 Å². The third-order valence-corrected chi connectivity index (χ3v) is 5.77. The largest absolute Gasteiger partial charge is 0.463 e. The third-order valence-electron chi connectivity index (χ3n) is 5.77. The summed E-state index contributed by atoms with van der Waals surface area (Å²) in [5.74, 6) is -0.177. The Bertz CT molecular complexity index is 998. The fourth-order valence-corrected chi connectivity index (χ4v) is 4.22. The van der Waals surface area contributed by atoms with E-state index in [4.69, 9.17) is 9.73 Å². The third kappa shape index (κ3) is 4.37. The van der Waals surface area contributed by atoms with E-state index in [0.29, 0.717) is 29.2 Å². The summed E-state index contributed by atoms with van der Waals surface area (Å²) in [6, 6.07) is 11.7. The van der Waals surface area contributed by atoms with Crippen LogP contribution in [0.2, 0.25) is 0 Å². The van der Waals surface area contributed by atoms with Crippen LogP contribution in [0, 0.1) is 5.82 Å². The molecule has 31 heavy (non-hydrogen) atoms. The quantitative estimate of drug-likeness (QED) is 0.723. The molecule has 3 heterocycles. The number of esters is 1. The molecule has 1 aromatic carbocycles. The zero-order valence-corrected chi connectivity index (χ0v) is 17.9. The molecule has 1 fully saturated rings. The molecule has 0 bridgehead atoms. The molecule has 1 N–H and O–H groups in total. The van der Waals surface area contributed by atoms with Gasteiger partial charge in [-0.1, -0.05) is 18.2 Å². The van der Waals surface area contributed by atoms with E-state index in [0.717, 1.165) is 31.6 Å². The molecule has 2 aliphatic heterocycles. The summed E-state index contributed by atoms with van der Waals surface area (Å²) >= 11 is 0. The number of hydrogen-bond donors (Lipinski definition) is 1. The van der Waals surface area contributed by atoms with Crippen molar-refractivity contribution in [3.8, 4) is 0 Å². The van der Waals surface area contributed by atoms with E-state index in [1.54, 1.807) is 25.3 Å². The van der Waals surface area contributed by atoms with Gasteiger partial charge >= 0.3 is 5.97 Å². The predicted molar refractivity (Wildman–Crippen MR) is 117 cm³/mol. The molecular weight excluding hydrogens is 395 g/mol. The second-order valence-corrected chi connectivity index (χ2v) is 7.94. The number of halogens is 1. The van der Waals surface area contributed by atoms with Crippen molar-refractivity contribution in [3.05, 3.63) is 77.0 Å². The van der Waals surface area contributed by atoms with Gasteiger partial charge in [0.1, 0.15) is 17.1 Å². The smallest absolute Gasteiger partial charge is 0.338 e. The molecule has 1 aromatic heterocycles. The van der Waals surface area contributed by atoms with Crippen LogP contribution in [-0.4, -0.2) is 47.9 Å². The topological polar surface area (TPSA) is 66.8 Å².